The summed E-state index contributed by atoms with van der Waals surface area (Å²) in [6.45, 7) is 0.837. The highest BCUT2D eigenvalue weighted by atomic mass is 35.5. The van der Waals surface area contributed by atoms with Crippen LogP contribution in [0.2, 0.25) is 5.02 Å². The van der Waals surface area contributed by atoms with E-state index in [0.29, 0.717) is 16.1 Å². The smallest absolute Gasteiger partial charge is 0.151 e. The largest absolute Gasteiger partial charge is 0.319 e. The Labute approximate surface area is 94.6 Å². The molecule has 0 bridgehead atoms. The quantitative estimate of drug-likeness (QED) is 0.481. The normalized spacial score (nSPS) is 9.20. The molecule has 0 spiro atoms. The third kappa shape index (κ3) is 3.75. The minimum absolute atomic E-state index is 0.580. The zero-order valence-corrected chi connectivity index (χ0v) is 9.27. The van der Waals surface area contributed by atoms with E-state index in [1.807, 2.05) is 7.05 Å². The zero-order valence-electron chi connectivity index (χ0n) is 8.51. The van der Waals surface area contributed by atoms with Crippen LogP contribution in [-0.2, 0) is 0 Å². The van der Waals surface area contributed by atoms with E-state index in [1.165, 1.54) is 0 Å². The Morgan fingerprint density at radius 2 is 2.33 bits per heavy atom. The molecule has 0 aliphatic heterocycles. The molecular formula is C12H12ClNO. The third-order valence-electron chi connectivity index (χ3n) is 1.87. The summed E-state index contributed by atoms with van der Waals surface area (Å²) in [6.07, 6.45) is 1.54. The molecule has 0 radical (unpaired) electrons. The lowest BCUT2D eigenvalue weighted by Gasteiger charge is -1.96. The van der Waals surface area contributed by atoms with Crippen molar-refractivity contribution in [3.63, 3.8) is 0 Å². The lowest BCUT2D eigenvalue weighted by atomic mass is 10.1. The van der Waals surface area contributed by atoms with Crippen LogP contribution < -0.4 is 5.32 Å². The van der Waals surface area contributed by atoms with Gasteiger partial charge in [-0.1, -0.05) is 23.4 Å². The van der Waals surface area contributed by atoms with E-state index in [0.717, 1.165) is 19.3 Å². The maximum atomic E-state index is 10.7. The highest BCUT2D eigenvalue weighted by Gasteiger charge is 1.98. The van der Waals surface area contributed by atoms with Gasteiger partial charge in [-0.05, 0) is 25.2 Å². The molecule has 1 rings (SSSR count). The van der Waals surface area contributed by atoms with Gasteiger partial charge in [0.05, 0.1) is 0 Å². The summed E-state index contributed by atoms with van der Waals surface area (Å²) >= 11 is 5.82. The predicted molar refractivity (Wildman–Crippen MR) is 62.3 cm³/mol. The fraction of sp³-hybridized carbons (Fsp3) is 0.250. The lowest BCUT2D eigenvalue weighted by molar-refractivity contribution is 0.112. The first-order valence-electron chi connectivity index (χ1n) is 4.66. The van der Waals surface area contributed by atoms with Crippen LogP contribution in [0.15, 0.2) is 18.2 Å². The lowest BCUT2D eigenvalue weighted by Crippen LogP contribution is -2.05. The van der Waals surface area contributed by atoms with Gasteiger partial charge < -0.3 is 5.32 Å². The van der Waals surface area contributed by atoms with Crippen molar-refractivity contribution in [1.29, 1.82) is 0 Å². The van der Waals surface area contributed by atoms with Crippen molar-refractivity contribution < 1.29 is 4.79 Å². The van der Waals surface area contributed by atoms with Gasteiger partial charge in [-0.25, -0.2) is 0 Å². The molecule has 0 aromatic heterocycles. The van der Waals surface area contributed by atoms with Crippen molar-refractivity contribution >= 4 is 17.9 Å². The fourth-order valence-electron chi connectivity index (χ4n) is 1.08. The van der Waals surface area contributed by atoms with E-state index in [2.05, 4.69) is 17.2 Å². The summed E-state index contributed by atoms with van der Waals surface area (Å²) in [5.74, 6) is 5.91. The SMILES string of the molecule is CNCCC#Cc1cc(Cl)ccc1C=O. The number of nitrogens with one attached hydrogen (secondary N) is 1. The molecule has 0 saturated carbocycles. The number of aldehydes is 1. The zero-order chi connectivity index (χ0) is 11.1. The highest BCUT2D eigenvalue weighted by Crippen LogP contribution is 2.13. The Morgan fingerprint density at radius 3 is 3.00 bits per heavy atom. The molecule has 0 unspecified atom stereocenters. The maximum Gasteiger partial charge on any atom is 0.151 e. The molecule has 0 saturated heterocycles. The number of hydrogen-bond donors (Lipinski definition) is 1. The average molecular weight is 222 g/mol. The second-order valence-corrected chi connectivity index (χ2v) is 3.44. The van der Waals surface area contributed by atoms with Gasteiger partial charge >= 0.3 is 0 Å². The molecule has 1 aromatic rings. The van der Waals surface area contributed by atoms with Crippen molar-refractivity contribution in [3.8, 4) is 11.8 Å². The molecular weight excluding hydrogens is 210 g/mol. The van der Waals surface area contributed by atoms with E-state index >= 15 is 0 Å². The molecule has 1 N–H and O–H groups in total. The first-order chi connectivity index (χ1) is 7.27. The summed E-state index contributed by atoms with van der Waals surface area (Å²) in [4.78, 5) is 10.7. The number of benzene rings is 1. The van der Waals surface area contributed by atoms with Gasteiger partial charge in [0.2, 0.25) is 0 Å². The molecule has 0 aliphatic carbocycles. The average Bonchev–Trinajstić information content (AvgIpc) is 2.25. The fourth-order valence-corrected chi connectivity index (χ4v) is 1.26. The van der Waals surface area contributed by atoms with E-state index in [1.54, 1.807) is 18.2 Å². The van der Waals surface area contributed by atoms with Crippen LogP contribution in [-0.4, -0.2) is 19.9 Å². The number of rotatable bonds is 3. The molecule has 0 fully saturated rings. The second kappa shape index (κ2) is 6.23. The van der Waals surface area contributed by atoms with Crippen LogP contribution in [0.25, 0.3) is 0 Å². The van der Waals surface area contributed by atoms with Crippen LogP contribution in [0.1, 0.15) is 22.3 Å². The van der Waals surface area contributed by atoms with Gasteiger partial charge in [-0.3, -0.25) is 4.79 Å². The predicted octanol–water partition coefficient (Wildman–Crippen LogP) is 2.11. The Balaban J connectivity index is 2.85. The standard InChI is InChI=1S/C12H12ClNO/c1-14-7-3-2-4-10-8-12(13)6-5-11(10)9-15/h5-6,8-9,14H,3,7H2,1H3. The molecule has 0 aliphatic rings. The van der Waals surface area contributed by atoms with Crippen molar-refractivity contribution in [1.82, 2.24) is 5.32 Å². The highest BCUT2D eigenvalue weighted by molar-refractivity contribution is 6.30. The Kier molecular flexibility index (Phi) is 4.89. The monoisotopic (exact) mass is 221 g/mol. The van der Waals surface area contributed by atoms with Gasteiger partial charge in [0.25, 0.3) is 0 Å². The number of carbonyl (C=O) groups excluding carboxylic acids is 1. The van der Waals surface area contributed by atoms with Crippen molar-refractivity contribution in [2.75, 3.05) is 13.6 Å². The van der Waals surface area contributed by atoms with E-state index in [4.69, 9.17) is 11.6 Å². The maximum absolute atomic E-state index is 10.7. The van der Waals surface area contributed by atoms with Crippen LogP contribution >= 0.6 is 11.6 Å². The number of halogens is 1. The van der Waals surface area contributed by atoms with E-state index in [-0.39, 0.29) is 0 Å². The van der Waals surface area contributed by atoms with Crippen LogP contribution in [0.5, 0.6) is 0 Å². The summed E-state index contributed by atoms with van der Waals surface area (Å²) < 4.78 is 0. The van der Waals surface area contributed by atoms with E-state index < -0.39 is 0 Å². The van der Waals surface area contributed by atoms with E-state index in [9.17, 15) is 4.79 Å². The number of carbonyl (C=O) groups is 1. The minimum Gasteiger partial charge on any atom is -0.319 e. The van der Waals surface area contributed by atoms with Crippen LogP contribution in [0.4, 0.5) is 0 Å². The first kappa shape index (κ1) is 11.8. The molecule has 0 atom stereocenters. The Bertz CT molecular complexity index is 404. The van der Waals surface area contributed by atoms with Crippen molar-refractivity contribution in [3.05, 3.63) is 34.3 Å². The third-order valence-corrected chi connectivity index (χ3v) is 2.10. The van der Waals surface area contributed by atoms with Gasteiger partial charge in [0.1, 0.15) is 0 Å². The summed E-state index contributed by atoms with van der Waals surface area (Å²) in [5.41, 5.74) is 1.27. The minimum atomic E-state index is 0.580. The molecule has 0 amide bonds. The topological polar surface area (TPSA) is 29.1 Å². The van der Waals surface area contributed by atoms with Gasteiger partial charge in [0, 0.05) is 29.1 Å². The van der Waals surface area contributed by atoms with Gasteiger partial charge in [-0.2, -0.15) is 0 Å². The molecule has 0 heterocycles. The van der Waals surface area contributed by atoms with Crippen molar-refractivity contribution in [2.24, 2.45) is 0 Å². The van der Waals surface area contributed by atoms with Crippen molar-refractivity contribution in [2.45, 2.75) is 6.42 Å². The summed E-state index contributed by atoms with van der Waals surface area (Å²) in [7, 11) is 1.87. The summed E-state index contributed by atoms with van der Waals surface area (Å²) in [5, 5.41) is 3.59. The molecule has 78 valence electrons. The number of hydrogen-bond acceptors (Lipinski definition) is 2. The van der Waals surface area contributed by atoms with Crippen LogP contribution in [0.3, 0.4) is 0 Å². The molecule has 2 nitrogen and oxygen atoms in total. The Morgan fingerprint density at radius 1 is 1.53 bits per heavy atom. The van der Waals surface area contributed by atoms with Crippen LogP contribution in [0, 0.1) is 11.8 Å². The van der Waals surface area contributed by atoms with Gasteiger partial charge in [-0.15, -0.1) is 0 Å². The van der Waals surface area contributed by atoms with Gasteiger partial charge in [0.15, 0.2) is 6.29 Å². The summed E-state index contributed by atoms with van der Waals surface area (Å²) in [6, 6.07) is 5.07. The first-order valence-corrected chi connectivity index (χ1v) is 5.04. The Hall–Kier alpha value is -1.30. The molecule has 3 heteroatoms. The molecule has 15 heavy (non-hydrogen) atoms. The second-order valence-electron chi connectivity index (χ2n) is 3.00. The molecule has 1 aromatic carbocycles.